The Kier molecular flexibility index (Phi) is 4.79. The highest BCUT2D eigenvalue weighted by Gasteiger charge is 2.06. The smallest absolute Gasteiger partial charge is 0.330 e. The van der Waals surface area contributed by atoms with Crippen LogP contribution in [0, 0.1) is 0 Å². The number of benzene rings is 1. The maximum atomic E-state index is 11.1. The maximum Gasteiger partial charge on any atom is 0.330 e. The summed E-state index contributed by atoms with van der Waals surface area (Å²) < 4.78 is 13.0. The predicted octanol–water partition coefficient (Wildman–Crippen LogP) is 2.83. The Morgan fingerprint density at radius 3 is 3.05 bits per heavy atom. The van der Waals surface area contributed by atoms with E-state index in [9.17, 15) is 4.79 Å². The molecule has 0 spiro atoms. The number of rotatable bonds is 5. The molecular formula is C14H15BrN2O3. The minimum Gasteiger partial charge on any atom is -0.488 e. The first kappa shape index (κ1) is 14.6. The van der Waals surface area contributed by atoms with Crippen molar-refractivity contribution in [3.8, 4) is 5.75 Å². The molecule has 0 saturated heterocycles. The second-order valence-electron chi connectivity index (χ2n) is 4.11. The number of hydrogen-bond acceptors (Lipinski definition) is 4. The molecule has 0 radical (unpaired) electrons. The van der Waals surface area contributed by atoms with Crippen molar-refractivity contribution in [1.82, 2.24) is 9.78 Å². The number of aryl methyl sites for hydroxylation is 1. The van der Waals surface area contributed by atoms with Crippen molar-refractivity contribution >= 4 is 32.8 Å². The van der Waals surface area contributed by atoms with E-state index in [-0.39, 0.29) is 12.6 Å². The second kappa shape index (κ2) is 6.56. The molecule has 0 amide bonds. The van der Waals surface area contributed by atoms with E-state index in [1.165, 1.54) is 6.08 Å². The Balaban J connectivity index is 2.02. The van der Waals surface area contributed by atoms with E-state index < -0.39 is 0 Å². The molecule has 1 heterocycles. The quantitative estimate of drug-likeness (QED) is 0.621. The van der Waals surface area contributed by atoms with Crippen LogP contribution in [-0.2, 0) is 16.6 Å². The molecule has 0 unspecified atom stereocenters. The average Bonchev–Trinajstić information content (AvgIpc) is 2.74. The topological polar surface area (TPSA) is 53.4 Å². The van der Waals surface area contributed by atoms with Crippen LogP contribution < -0.4 is 4.74 Å². The van der Waals surface area contributed by atoms with Crippen LogP contribution in [-0.4, -0.2) is 29.0 Å². The Morgan fingerprint density at radius 2 is 2.30 bits per heavy atom. The molecular weight excluding hydrogens is 324 g/mol. The van der Waals surface area contributed by atoms with Crippen molar-refractivity contribution in [2.45, 2.75) is 6.92 Å². The number of esters is 1. The van der Waals surface area contributed by atoms with Crippen LogP contribution in [0.15, 0.2) is 35.0 Å². The van der Waals surface area contributed by atoms with Gasteiger partial charge in [-0.25, -0.2) is 4.79 Å². The monoisotopic (exact) mass is 338 g/mol. The molecule has 0 aliphatic carbocycles. The molecule has 2 rings (SSSR count). The number of ether oxygens (including phenoxy) is 2. The Labute approximate surface area is 125 Å². The fourth-order valence-electron chi connectivity index (χ4n) is 1.73. The summed E-state index contributed by atoms with van der Waals surface area (Å²) in [7, 11) is 1.87. The van der Waals surface area contributed by atoms with Gasteiger partial charge in [-0.3, -0.25) is 4.68 Å². The minimum atomic E-state index is -0.365. The van der Waals surface area contributed by atoms with Gasteiger partial charge in [0.25, 0.3) is 0 Å². The van der Waals surface area contributed by atoms with E-state index in [2.05, 4.69) is 21.0 Å². The number of halogens is 1. The Hall–Kier alpha value is -1.82. The SMILES string of the molecule is CCOC(=O)/C=C/COc1cc2nn(C)cc2cc1Br. The minimum absolute atomic E-state index is 0.287. The Bertz CT molecular complexity index is 649. The molecule has 0 N–H and O–H groups in total. The van der Waals surface area contributed by atoms with Gasteiger partial charge in [0.1, 0.15) is 12.4 Å². The number of carbonyl (C=O) groups is 1. The average molecular weight is 339 g/mol. The zero-order valence-corrected chi connectivity index (χ0v) is 12.9. The second-order valence-corrected chi connectivity index (χ2v) is 4.96. The predicted molar refractivity (Wildman–Crippen MR) is 79.7 cm³/mol. The van der Waals surface area contributed by atoms with Gasteiger partial charge in [-0.05, 0) is 35.0 Å². The van der Waals surface area contributed by atoms with E-state index in [0.29, 0.717) is 12.4 Å². The van der Waals surface area contributed by atoms with Crippen molar-refractivity contribution < 1.29 is 14.3 Å². The van der Waals surface area contributed by atoms with Crippen molar-refractivity contribution in [3.63, 3.8) is 0 Å². The highest BCUT2D eigenvalue weighted by molar-refractivity contribution is 9.10. The molecule has 20 heavy (non-hydrogen) atoms. The molecule has 5 nitrogen and oxygen atoms in total. The largest absolute Gasteiger partial charge is 0.488 e. The molecule has 1 aromatic carbocycles. The molecule has 6 heteroatoms. The summed E-state index contributed by atoms with van der Waals surface area (Å²) in [5, 5.41) is 5.36. The van der Waals surface area contributed by atoms with Gasteiger partial charge in [-0.1, -0.05) is 0 Å². The zero-order valence-electron chi connectivity index (χ0n) is 11.3. The summed E-state index contributed by atoms with van der Waals surface area (Å²) in [6, 6.07) is 3.81. The van der Waals surface area contributed by atoms with E-state index in [0.717, 1.165) is 15.4 Å². The molecule has 2 aromatic rings. The van der Waals surface area contributed by atoms with Crippen LogP contribution in [0.3, 0.4) is 0 Å². The standard InChI is InChI=1S/C14H15BrN2O3/c1-3-19-14(18)5-4-6-20-13-8-12-10(7-11(13)15)9-17(2)16-12/h4-5,7-9H,3,6H2,1-2H3/b5-4+. The molecule has 0 saturated carbocycles. The summed E-state index contributed by atoms with van der Waals surface area (Å²) in [6.07, 6.45) is 4.91. The third-order valence-electron chi connectivity index (χ3n) is 2.55. The zero-order chi connectivity index (χ0) is 14.5. The van der Waals surface area contributed by atoms with Crippen LogP contribution in [0.5, 0.6) is 5.75 Å². The van der Waals surface area contributed by atoms with Gasteiger partial charge in [0, 0.05) is 30.8 Å². The van der Waals surface area contributed by atoms with Crippen LogP contribution in [0.4, 0.5) is 0 Å². The molecule has 1 aromatic heterocycles. The van der Waals surface area contributed by atoms with E-state index in [1.54, 1.807) is 17.7 Å². The normalized spacial score (nSPS) is 11.2. The lowest BCUT2D eigenvalue weighted by Gasteiger charge is -2.05. The first-order chi connectivity index (χ1) is 9.60. The summed E-state index contributed by atoms with van der Waals surface area (Å²) in [6.45, 7) is 2.42. The van der Waals surface area contributed by atoms with Gasteiger partial charge in [-0.15, -0.1) is 0 Å². The summed E-state index contributed by atoms with van der Waals surface area (Å²) in [4.78, 5) is 11.1. The fourth-order valence-corrected chi connectivity index (χ4v) is 2.21. The third kappa shape index (κ3) is 3.60. The fraction of sp³-hybridized carbons (Fsp3) is 0.286. The summed E-state index contributed by atoms with van der Waals surface area (Å²) >= 11 is 3.45. The van der Waals surface area contributed by atoms with Crippen molar-refractivity contribution in [1.29, 1.82) is 0 Å². The number of hydrogen-bond donors (Lipinski definition) is 0. The molecule has 0 fully saturated rings. The van der Waals surface area contributed by atoms with Crippen LogP contribution in [0.2, 0.25) is 0 Å². The molecule has 0 aliphatic rings. The highest BCUT2D eigenvalue weighted by atomic mass is 79.9. The van der Waals surface area contributed by atoms with Crippen LogP contribution >= 0.6 is 15.9 Å². The lowest BCUT2D eigenvalue weighted by molar-refractivity contribution is -0.137. The lowest BCUT2D eigenvalue weighted by atomic mass is 10.2. The van der Waals surface area contributed by atoms with Gasteiger partial charge in [-0.2, -0.15) is 5.10 Å². The lowest BCUT2D eigenvalue weighted by Crippen LogP contribution is -2.01. The van der Waals surface area contributed by atoms with Gasteiger partial charge in [0.15, 0.2) is 0 Å². The highest BCUT2D eigenvalue weighted by Crippen LogP contribution is 2.29. The van der Waals surface area contributed by atoms with Gasteiger partial charge in [0.05, 0.1) is 16.6 Å². The molecule has 0 atom stereocenters. The van der Waals surface area contributed by atoms with Crippen LogP contribution in [0.1, 0.15) is 6.92 Å². The first-order valence-corrected chi connectivity index (χ1v) is 6.98. The van der Waals surface area contributed by atoms with Crippen molar-refractivity contribution in [3.05, 3.63) is 35.0 Å². The third-order valence-corrected chi connectivity index (χ3v) is 3.17. The van der Waals surface area contributed by atoms with Gasteiger partial charge >= 0.3 is 5.97 Å². The maximum absolute atomic E-state index is 11.1. The number of aromatic nitrogens is 2. The summed E-state index contributed by atoms with van der Waals surface area (Å²) in [5.74, 6) is 0.319. The van der Waals surface area contributed by atoms with E-state index >= 15 is 0 Å². The molecule has 106 valence electrons. The number of carbonyl (C=O) groups excluding carboxylic acids is 1. The number of nitrogens with zero attached hydrogens (tertiary/aromatic N) is 2. The summed E-state index contributed by atoms with van der Waals surface area (Å²) in [5.41, 5.74) is 0.861. The Morgan fingerprint density at radius 1 is 1.50 bits per heavy atom. The van der Waals surface area contributed by atoms with E-state index in [4.69, 9.17) is 9.47 Å². The van der Waals surface area contributed by atoms with E-state index in [1.807, 2.05) is 25.4 Å². The van der Waals surface area contributed by atoms with Gasteiger partial charge in [0.2, 0.25) is 0 Å². The van der Waals surface area contributed by atoms with Crippen molar-refractivity contribution in [2.24, 2.45) is 7.05 Å². The van der Waals surface area contributed by atoms with Gasteiger partial charge < -0.3 is 9.47 Å². The molecule has 0 aliphatic heterocycles. The first-order valence-electron chi connectivity index (χ1n) is 6.19. The van der Waals surface area contributed by atoms with Crippen molar-refractivity contribution in [2.75, 3.05) is 13.2 Å². The van der Waals surface area contributed by atoms with Crippen LogP contribution in [0.25, 0.3) is 10.9 Å². The molecule has 0 bridgehead atoms. The number of fused-ring (bicyclic) bond motifs is 1.